The van der Waals surface area contributed by atoms with Crippen LogP contribution in [-0.4, -0.2) is 37.0 Å². The topological polar surface area (TPSA) is 23.6 Å². The quantitative estimate of drug-likeness (QED) is 0.780. The Morgan fingerprint density at radius 1 is 1.11 bits per heavy atom. The molecule has 2 aromatic carbocycles. The second-order valence-electron chi connectivity index (χ2n) is 8.45. The molecule has 148 valence electrons. The highest BCUT2D eigenvalue weighted by atomic mass is 19.1. The van der Waals surface area contributed by atoms with Gasteiger partial charge in [-0.15, -0.1) is 0 Å². The first-order chi connectivity index (χ1) is 13.5. The average molecular weight is 381 g/mol. The van der Waals surface area contributed by atoms with Gasteiger partial charge in [-0.25, -0.2) is 4.39 Å². The summed E-state index contributed by atoms with van der Waals surface area (Å²) in [6.07, 6.45) is 4.94. The lowest BCUT2D eigenvalue weighted by atomic mass is 9.70. The Balaban J connectivity index is 1.45. The van der Waals surface area contributed by atoms with Crippen LogP contribution in [-0.2, 0) is 16.6 Å². The molecule has 2 aromatic rings. The maximum atomic E-state index is 13.5. The minimum atomic E-state index is -0.419. The molecule has 4 heteroatoms. The number of nitrogens with zero attached hydrogens (tertiary/aromatic N) is 2. The van der Waals surface area contributed by atoms with Gasteiger partial charge >= 0.3 is 0 Å². The van der Waals surface area contributed by atoms with E-state index in [4.69, 9.17) is 0 Å². The molecule has 1 aliphatic heterocycles. The molecule has 1 aliphatic carbocycles. The molecule has 1 unspecified atom stereocenters. The zero-order valence-corrected chi connectivity index (χ0v) is 16.8. The van der Waals surface area contributed by atoms with Crippen LogP contribution in [0.4, 0.5) is 10.1 Å². The van der Waals surface area contributed by atoms with E-state index >= 15 is 0 Å². The minimum absolute atomic E-state index is 0.204. The molecule has 0 radical (unpaired) electrons. The molecule has 2 aliphatic rings. The highest BCUT2D eigenvalue weighted by Gasteiger charge is 2.42. The molecule has 0 saturated carbocycles. The standard InChI is InChI=1S/C24H29FN2O/c1-24(15-5-7-18-6-3-4-8-22(18)24)23(28)26(2)20-13-16-27(17-14-20)21-11-9-19(25)10-12-21/h3-4,6,8-12,20H,5,7,13-17H2,1-2H3. The van der Waals surface area contributed by atoms with Gasteiger partial charge in [0.05, 0.1) is 5.41 Å². The fourth-order valence-corrected chi connectivity index (χ4v) is 4.98. The van der Waals surface area contributed by atoms with Gasteiger partial charge in [-0.3, -0.25) is 4.79 Å². The number of benzene rings is 2. The lowest BCUT2D eigenvalue weighted by molar-refractivity contribution is -0.138. The third kappa shape index (κ3) is 3.41. The number of carbonyl (C=O) groups is 1. The number of rotatable bonds is 3. The van der Waals surface area contributed by atoms with Crippen molar-refractivity contribution in [2.24, 2.45) is 0 Å². The largest absolute Gasteiger partial charge is 0.371 e. The van der Waals surface area contributed by atoms with E-state index in [2.05, 4.69) is 36.1 Å². The van der Waals surface area contributed by atoms with E-state index in [0.29, 0.717) is 0 Å². The summed E-state index contributed by atoms with van der Waals surface area (Å²) in [5, 5.41) is 0. The Bertz CT molecular complexity index is 842. The van der Waals surface area contributed by atoms with Gasteiger partial charge in [0.2, 0.25) is 5.91 Å². The molecule has 28 heavy (non-hydrogen) atoms. The number of aryl methyl sites for hydroxylation is 1. The molecule has 4 rings (SSSR count). The summed E-state index contributed by atoms with van der Waals surface area (Å²) < 4.78 is 13.2. The van der Waals surface area contributed by atoms with Gasteiger partial charge in [0, 0.05) is 31.9 Å². The van der Waals surface area contributed by atoms with Crippen LogP contribution in [0.3, 0.4) is 0 Å². The van der Waals surface area contributed by atoms with Crippen molar-refractivity contribution in [3.63, 3.8) is 0 Å². The average Bonchev–Trinajstić information content (AvgIpc) is 2.74. The maximum Gasteiger partial charge on any atom is 0.232 e. The predicted molar refractivity (Wildman–Crippen MR) is 111 cm³/mol. The van der Waals surface area contributed by atoms with Crippen molar-refractivity contribution < 1.29 is 9.18 Å². The van der Waals surface area contributed by atoms with Crippen molar-refractivity contribution in [2.75, 3.05) is 25.0 Å². The number of carbonyl (C=O) groups excluding carboxylic acids is 1. The van der Waals surface area contributed by atoms with Crippen molar-refractivity contribution in [2.45, 2.75) is 50.5 Å². The normalized spacial score (nSPS) is 22.6. The number of amides is 1. The second kappa shape index (κ2) is 7.57. The van der Waals surface area contributed by atoms with Crippen molar-refractivity contribution in [1.82, 2.24) is 4.90 Å². The summed E-state index contributed by atoms with van der Waals surface area (Å²) in [5.41, 5.74) is 3.17. The molecular formula is C24H29FN2O. The molecule has 0 N–H and O–H groups in total. The Labute approximate surface area is 167 Å². The van der Waals surface area contributed by atoms with E-state index in [1.807, 2.05) is 24.1 Å². The van der Waals surface area contributed by atoms with E-state index in [1.165, 1.54) is 23.3 Å². The van der Waals surface area contributed by atoms with Gasteiger partial charge in [-0.2, -0.15) is 0 Å². The molecule has 0 spiro atoms. The van der Waals surface area contributed by atoms with Crippen molar-refractivity contribution in [1.29, 1.82) is 0 Å². The van der Waals surface area contributed by atoms with Gasteiger partial charge in [-0.1, -0.05) is 24.3 Å². The molecule has 3 nitrogen and oxygen atoms in total. The third-order valence-electron chi connectivity index (χ3n) is 6.73. The fraction of sp³-hybridized carbons (Fsp3) is 0.458. The first-order valence-electron chi connectivity index (χ1n) is 10.4. The Morgan fingerprint density at radius 3 is 2.50 bits per heavy atom. The highest BCUT2D eigenvalue weighted by Crippen LogP contribution is 2.39. The van der Waals surface area contributed by atoms with Gasteiger partial charge in [-0.05, 0) is 74.4 Å². The predicted octanol–water partition coefficient (Wildman–Crippen LogP) is 4.55. The fourth-order valence-electron chi connectivity index (χ4n) is 4.98. The summed E-state index contributed by atoms with van der Waals surface area (Å²) in [6, 6.07) is 15.4. The smallest absolute Gasteiger partial charge is 0.232 e. The summed E-state index contributed by atoms with van der Waals surface area (Å²) in [5.74, 6) is 0.0462. The van der Waals surface area contributed by atoms with Crippen molar-refractivity contribution in [3.05, 3.63) is 65.5 Å². The molecule has 1 fully saturated rings. The van der Waals surface area contributed by atoms with E-state index in [0.717, 1.165) is 50.9 Å². The van der Waals surface area contributed by atoms with Gasteiger partial charge in [0.25, 0.3) is 0 Å². The van der Waals surface area contributed by atoms with Gasteiger partial charge < -0.3 is 9.80 Å². The van der Waals surface area contributed by atoms with Gasteiger partial charge in [0.15, 0.2) is 0 Å². The molecule has 1 atom stereocenters. The number of fused-ring (bicyclic) bond motifs is 1. The number of piperidine rings is 1. The minimum Gasteiger partial charge on any atom is -0.371 e. The number of likely N-dealkylation sites (N-methyl/N-ethyl adjacent to an activating group) is 1. The molecular weight excluding hydrogens is 351 g/mol. The van der Waals surface area contributed by atoms with Crippen molar-refractivity contribution in [3.8, 4) is 0 Å². The van der Waals surface area contributed by atoms with Crippen LogP contribution < -0.4 is 4.90 Å². The van der Waals surface area contributed by atoms with Gasteiger partial charge in [0.1, 0.15) is 5.82 Å². The summed E-state index contributed by atoms with van der Waals surface area (Å²) in [4.78, 5) is 17.8. The Hall–Kier alpha value is -2.36. The number of hydrogen-bond acceptors (Lipinski definition) is 2. The second-order valence-corrected chi connectivity index (χ2v) is 8.45. The van der Waals surface area contributed by atoms with E-state index in [-0.39, 0.29) is 17.8 Å². The zero-order chi connectivity index (χ0) is 19.7. The molecule has 1 heterocycles. The number of anilines is 1. The lowest BCUT2D eigenvalue weighted by Gasteiger charge is -2.43. The SMILES string of the molecule is CN(C(=O)C1(C)CCCc2ccccc21)C1CCN(c2ccc(F)cc2)CC1. The molecule has 0 aromatic heterocycles. The first-order valence-corrected chi connectivity index (χ1v) is 10.4. The lowest BCUT2D eigenvalue weighted by Crippen LogP contribution is -2.52. The van der Waals surface area contributed by atoms with Crippen LogP contribution in [0.5, 0.6) is 0 Å². The maximum absolute atomic E-state index is 13.5. The van der Waals surface area contributed by atoms with Crippen LogP contribution in [0.2, 0.25) is 0 Å². The Kier molecular flexibility index (Phi) is 5.13. The third-order valence-corrected chi connectivity index (χ3v) is 6.73. The van der Waals surface area contributed by atoms with Crippen LogP contribution in [0.1, 0.15) is 43.7 Å². The summed E-state index contributed by atoms with van der Waals surface area (Å²) >= 11 is 0. The monoisotopic (exact) mass is 380 g/mol. The number of halogens is 1. The highest BCUT2D eigenvalue weighted by molar-refractivity contribution is 5.88. The van der Waals surface area contributed by atoms with Crippen LogP contribution in [0, 0.1) is 5.82 Å². The summed E-state index contributed by atoms with van der Waals surface area (Å²) in [6.45, 7) is 3.90. The first kappa shape index (κ1) is 19.0. The van der Waals surface area contributed by atoms with E-state index in [1.54, 1.807) is 0 Å². The van der Waals surface area contributed by atoms with Crippen LogP contribution in [0.15, 0.2) is 48.5 Å². The van der Waals surface area contributed by atoms with E-state index < -0.39 is 5.41 Å². The Morgan fingerprint density at radius 2 is 1.79 bits per heavy atom. The van der Waals surface area contributed by atoms with E-state index in [9.17, 15) is 9.18 Å². The molecule has 1 amide bonds. The summed E-state index contributed by atoms with van der Waals surface area (Å²) in [7, 11) is 1.98. The van der Waals surface area contributed by atoms with Crippen molar-refractivity contribution >= 4 is 11.6 Å². The zero-order valence-electron chi connectivity index (χ0n) is 16.8. The number of hydrogen-bond donors (Lipinski definition) is 0. The molecule has 0 bridgehead atoms. The van der Waals surface area contributed by atoms with Crippen LogP contribution in [0.25, 0.3) is 0 Å². The van der Waals surface area contributed by atoms with Crippen LogP contribution >= 0.6 is 0 Å². The molecule has 1 saturated heterocycles.